The summed E-state index contributed by atoms with van der Waals surface area (Å²) >= 11 is 3.53. The summed E-state index contributed by atoms with van der Waals surface area (Å²) in [5.41, 5.74) is 4.66. The zero-order valence-corrected chi connectivity index (χ0v) is 12.8. The van der Waals surface area contributed by atoms with Crippen LogP contribution in [0.25, 0.3) is 10.9 Å². The Balaban J connectivity index is 1.85. The fourth-order valence-electron chi connectivity index (χ4n) is 2.27. The Kier molecular flexibility index (Phi) is 3.70. The van der Waals surface area contributed by atoms with E-state index in [-0.39, 0.29) is 0 Å². The molecule has 0 aliphatic carbocycles. The second kappa shape index (κ2) is 5.63. The van der Waals surface area contributed by atoms with Gasteiger partial charge in [0.15, 0.2) is 0 Å². The molecule has 100 valence electrons. The Bertz CT molecular complexity index is 748. The van der Waals surface area contributed by atoms with E-state index in [0.717, 1.165) is 27.6 Å². The molecule has 0 saturated carbocycles. The number of nitrogens with one attached hydrogen (secondary N) is 1. The summed E-state index contributed by atoms with van der Waals surface area (Å²) in [6.07, 6.45) is 1.82. The molecule has 20 heavy (non-hydrogen) atoms. The van der Waals surface area contributed by atoms with Gasteiger partial charge in [-0.25, -0.2) is 0 Å². The van der Waals surface area contributed by atoms with Gasteiger partial charge in [-0.3, -0.25) is 4.98 Å². The van der Waals surface area contributed by atoms with Gasteiger partial charge in [0.05, 0.1) is 5.52 Å². The molecule has 0 radical (unpaired) electrons. The predicted octanol–water partition coefficient (Wildman–Crippen LogP) is 4.92. The molecular formula is C17H15BrN2. The number of aromatic nitrogens is 1. The highest BCUT2D eigenvalue weighted by Crippen LogP contribution is 2.23. The van der Waals surface area contributed by atoms with Crippen LogP contribution in [0.3, 0.4) is 0 Å². The smallest absolute Gasteiger partial charge is 0.0722 e. The first-order valence-electron chi connectivity index (χ1n) is 6.57. The molecule has 0 bridgehead atoms. The van der Waals surface area contributed by atoms with Crippen molar-refractivity contribution < 1.29 is 0 Å². The third-order valence-corrected chi connectivity index (χ3v) is 4.24. The molecule has 0 amide bonds. The number of benzene rings is 2. The molecule has 0 aliphatic rings. The molecule has 1 heterocycles. The average Bonchev–Trinajstić information content (AvgIpc) is 2.48. The van der Waals surface area contributed by atoms with Gasteiger partial charge in [-0.1, -0.05) is 34.1 Å². The minimum Gasteiger partial charge on any atom is -0.380 e. The first-order valence-corrected chi connectivity index (χ1v) is 7.36. The Morgan fingerprint density at radius 1 is 1.10 bits per heavy atom. The van der Waals surface area contributed by atoms with Crippen LogP contribution in [0.5, 0.6) is 0 Å². The second-order valence-corrected chi connectivity index (χ2v) is 5.67. The number of anilines is 1. The van der Waals surface area contributed by atoms with Crippen molar-refractivity contribution >= 4 is 32.5 Å². The van der Waals surface area contributed by atoms with Crippen LogP contribution in [-0.4, -0.2) is 4.98 Å². The summed E-state index contributed by atoms with van der Waals surface area (Å²) in [6.45, 7) is 2.91. The highest BCUT2D eigenvalue weighted by Gasteiger charge is 2.02. The fraction of sp³-hybridized carbons (Fsp3) is 0.118. The van der Waals surface area contributed by atoms with Crippen molar-refractivity contribution in [1.82, 2.24) is 4.98 Å². The van der Waals surface area contributed by atoms with Gasteiger partial charge in [-0.05, 0) is 48.4 Å². The fourth-order valence-corrected chi connectivity index (χ4v) is 2.52. The highest BCUT2D eigenvalue weighted by atomic mass is 79.9. The molecular weight excluding hydrogens is 312 g/mol. The molecule has 0 aliphatic heterocycles. The van der Waals surface area contributed by atoms with E-state index >= 15 is 0 Å². The third kappa shape index (κ3) is 2.68. The molecule has 0 spiro atoms. The van der Waals surface area contributed by atoms with Gasteiger partial charge in [0.2, 0.25) is 0 Å². The molecule has 0 fully saturated rings. The van der Waals surface area contributed by atoms with Crippen LogP contribution < -0.4 is 5.32 Å². The zero-order chi connectivity index (χ0) is 13.9. The first kappa shape index (κ1) is 13.1. The van der Waals surface area contributed by atoms with E-state index < -0.39 is 0 Å². The van der Waals surface area contributed by atoms with Crippen LogP contribution in [-0.2, 0) is 6.54 Å². The van der Waals surface area contributed by atoms with Gasteiger partial charge in [0, 0.05) is 28.3 Å². The van der Waals surface area contributed by atoms with Crippen LogP contribution in [0.2, 0.25) is 0 Å². The normalized spacial score (nSPS) is 10.7. The lowest BCUT2D eigenvalue weighted by Gasteiger charge is -2.10. The number of halogens is 1. The molecule has 3 aromatic rings. The van der Waals surface area contributed by atoms with E-state index in [1.807, 2.05) is 24.4 Å². The van der Waals surface area contributed by atoms with Gasteiger partial charge in [-0.15, -0.1) is 0 Å². The maximum Gasteiger partial charge on any atom is 0.0722 e. The summed E-state index contributed by atoms with van der Waals surface area (Å²) in [4.78, 5) is 4.38. The zero-order valence-electron chi connectivity index (χ0n) is 11.2. The Morgan fingerprint density at radius 3 is 2.85 bits per heavy atom. The monoisotopic (exact) mass is 326 g/mol. The topological polar surface area (TPSA) is 24.9 Å². The van der Waals surface area contributed by atoms with Crippen LogP contribution >= 0.6 is 15.9 Å². The van der Waals surface area contributed by atoms with E-state index in [9.17, 15) is 0 Å². The van der Waals surface area contributed by atoms with E-state index in [1.165, 1.54) is 11.1 Å². The summed E-state index contributed by atoms with van der Waals surface area (Å²) < 4.78 is 1.15. The van der Waals surface area contributed by atoms with Crippen LogP contribution in [0.4, 0.5) is 5.69 Å². The minimum atomic E-state index is 0.808. The van der Waals surface area contributed by atoms with E-state index in [0.29, 0.717) is 0 Å². The number of rotatable bonds is 3. The molecule has 2 aromatic carbocycles. The van der Waals surface area contributed by atoms with E-state index in [4.69, 9.17) is 0 Å². The minimum absolute atomic E-state index is 0.808. The molecule has 0 saturated heterocycles. The van der Waals surface area contributed by atoms with Crippen molar-refractivity contribution in [3.63, 3.8) is 0 Å². The lowest BCUT2D eigenvalue weighted by Crippen LogP contribution is -2.00. The van der Waals surface area contributed by atoms with Crippen molar-refractivity contribution in [3.05, 3.63) is 70.3 Å². The number of nitrogens with zero attached hydrogens (tertiary/aromatic N) is 1. The van der Waals surface area contributed by atoms with Gasteiger partial charge in [0.25, 0.3) is 0 Å². The third-order valence-electron chi connectivity index (χ3n) is 3.35. The number of hydrogen-bond acceptors (Lipinski definition) is 2. The molecule has 3 rings (SSSR count). The van der Waals surface area contributed by atoms with Crippen molar-refractivity contribution in [2.75, 3.05) is 5.32 Å². The van der Waals surface area contributed by atoms with E-state index in [2.05, 4.69) is 63.5 Å². The first-order chi connectivity index (χ1) is 9.74. The van der Waals surface area contributed by atoms with Crippen molar-refractivity contribution in [2.45, 2.75) is 13.5 Å². The van der Waals surface area contributed by atoms with Crippen LogP contribution in [0.1, 0.15) is 11.1 Å². The van der Waals surface area contributed by atoms with Gasteiger partial charge >= 0.3 is 0 Å². The number of hydrogen-bond donors (Lipinski definition) is 1. The van der Waals surface area contributed by atoms with Gasteiger partial charge < -0.3 is 5.32 Å². The predicted molar refractivity (Wildman–Crippen MR) is 87.9 cm³/mol. The molecule has 0 atom stereocenters. The molecule has 0 unspecified atom stereocenters. The van der Waals surface area contributed by atoms with Gasteiger partial charge in [0.1, 0.15) is 0 Å². The number of aryl methyl sites for hydroxylation is 1. The molecule has 1 N–H and O–H groups in total. The average molecular weight is 327 g/mol. The van der Waals surface area contributed by atoms with E-state index in [1.54, 1.807) is 0 Å². The maximum absolute atomic E-state index is 4.38. The van der Waals surface area contributed by atoms with Crippen molar-refractivity contribution in [3.8, 4) is 0 Å². The van der Waals surface area contributed by atoms with Crippen LogP contribution in [0, 0.1) is 6.92 Å². The van der Waals surface area contributed by atoms with Crippen LogP contribution in [0.15, 0.2) is 59.2 Å². The summed E-state index contributed by atoms with van der Waals surface area (Å²) in [5.74, 6) is 0. The SMILES string of the molecule is Cc1cc(CNc2cccc3ncccc23)ccc1Br. The molecule has 1 aromatic heterocycles. The molecule has 3 heteroatoms. The Morgan fingerprint density at radius 2 is 2.00 bits per heavy atom. The second-order valence-electron chi connectivity index (χ2n) is 4.81. The number of pyridine rings is 1. The highest BCUT2D eigenvalue weighted by molar-refractivity contribution is 9.10. The maximum atomic E-state index is 4.38. The Hall–Kier alpha value is -1.87. The standard InChI is InChI=1S/C17H15BrN2/c1-12-10-13(7-8-15(12)18)11-20-17-6-2-5-16-14(17)4-3-9-19-16/h2-10,20H,11H2,1H3. The summed E-state index contributed by atoms with van der Waals surface area (Å²) in [5, 5.41) is 4.65. The van der Waals surface area contributed by atoms with Crippen molar-refractivity contribution in [1.29, 1.82) is 0 Å². The summed E-state index contributed by atoms with van der Waals surface area (Å²) in [6, 6.07) is 16.6. The van der Waals surface area contributed by atoms with Gasteiger partial charge in [-0.2, -0.15) is 0 Å². The molecule has 2 nitrogen and oxygen atoms in total. The Labute approximate surface area is 127 Å². The lowest BCUT2D eigenvalue weighted by molar-refractivity contribution is 1.14. The summed E-state index contributed by atoms with van der Waals surface area (Å²) in [7, 11) is 0. The lowest BCUT2D eigenvalue weighted by atomic mass is 10.1. The largest absolute Gasteiger partial charge is 0.380 e. The number of fused-ring (bicyclic) bond motifs is 1. The van der Waals surface area contributed by atoms with Crippen molar-refractivity contribution in [2.24, 2.45) is 0 Å². The quantitative estimate of drug-likeness (QED) is 0.739.